The van der Waals surface area contributed by atoms with Crippen molar-refractivity contribution in [2.24, 2.45) is 0 Å². The maximum atomic E-state index is 12.2. The fourth-order valence-corrected chi connectivity index (χ4v) is 6.85. The van der Waals surface area contributed by atoms with Crippen LogP contribution in [-0.4, -0.2) is 36.4 Å². The van der Waals surface area contributed by atoms with Gasteiger partial charge in [0, 0.05) is 12.8 Å². The molecule has 0 aliphatic carbocycles. The van der Waals surface area contributed by atoms with Gasteiger partial charge in [0.2, 0.25) is 0 Å². The summed E-state index contributed by atoms with van der Waals surface area (Å²) in [5.74, 6) is -0.578. The second-order valence-electron chi connectivity index (χ2n) is 15.5. The van der Waals surface area contributed by atoms with Crippen LogP contribution < -0.4 is 0 Å². The highest BCUT2D eigenvalue weighted by Gasteiger charge is 2.16. The van der Waals surface area contributed by atoms with Gasteiger partial charge in [0.25, 0.3) is 0 Å². The number of hydrogen-bond donors (Lipinski definition) is 1. The van der Waals surface area contributed by atoms with E-state index in [0.717, 1.165) is 38.5 Å². The fraction of sp³-hybridized carbons (Fsp3) is 0.913. The number of carbonyl (C=O) groups is 2. The molecular formula is C46H88O5. The standard InChI is InChI=1S/C46H88O5/c1-3-5-7-9-11-13-15-17-18-19-20-21-22-23-24-25-26-27-28-29-31-33-35-37-39-41-46(49)51-44(42-47)43-50-45(48)40-38-36-34-32-30-16-14-12-10-8-6-4-2/h19-20,44,47H,3-18,21-43H2,1-2H3/b20-19-. The van der Waals surface area contributed by atoms with Crippen molar-refractivity contribution in [2.45, 2.75) is 258 Å². The van der Waals surface area contributed by atoms with Crippen molar-refractivity contribution in [1.82, 2.24) is 0 Å². The Labute approximate surface area is 318 Å². The van der Waals surface area contributed by atoms with Gasteiger partial charge in [-0.2, -0.15) is 0 Å². The second kappa shape index (κ2) is 43.0. The van der Waals surface area contributed by atoms with Crippen molar-refractivity contribution in [3.63, 3.8) is 0 Å². The summed E-state index contributed by atoms with van der Waals surface area (Å²) in [6.07, 6.45) is 50.1. The van der Waals surface area contributed by atoms with Gasteiger partial charge in [-0.1, -0.05) is 212 Å². The van der Waals surface area contributed by atoms with Gasteiger partial charge in [0.1, 0.15) is 6.61 Å². The van der Waals surface area contributed by atoms with Crippen molar-refractivity contribution < 1.29 is 24.2 Å². The first-order valence-electron chi connectivity index (χ1n) is 22.7. The minimum atomic E-state index is -0.764. The maximum absolute atomic E-state index is 12.2. The van der Waals surface area contributed by atoms with Gasteiger partial charge in [-0.05, 0) is 38.5 Å². The molecule has 0 saturated heterocycles. The molecule has 0 aliphatic rings. The quantitative estimate of drug-likeness (QED) is 0.0386. The molecule has 0 aromatic heterocycles. The van der Waals surface area contributed by atoms with Crippen LogP contribution in [0.5, 0.6) is 0 Å². The number of unbranched alkanes of at least 4 members (excludes halogenated alkanes) is 32. The van der Waals surface area contributed by atoms with E-state index in [9.17, 15) is 14.7 Å². The van der Waals surface area contributed by atoms with Crippen LogP contribution in [0.3, 0.4) is 0 Å². The van der Waals surface area contributed by atoms with Crippen LogP contribution in [0.25, 0.3) is 0 Å². The normalized spacial score (nSPS) is 12.1. The molecule has 1 atom stereocenters. The van der Waals surface area contributed by atoms with Gasteiger partial charge in [0.05, 0.1) is 6.61 Å². The number of rotatable bonds is 42. The Bertz CT molecular complexity index is 735. The van der Waals surface area contributed by atoms with Gasteiger partial charge in [0.15, 0.2) is 6.10 Å². The monoisotopic (exact) mass is 721 g/mol. The van der Waals surface area contributed by atoms with Gasteiger partial charge in [-0.25, -0.2) is 0 Å². The van der Waals surface area contributed by atoms with E-state index in [1.165, 1.54) is 186 Å². The Kier molecular flexibility index (Phi) is 41.9. The fourth-order valence-electron chi connectivity index (χ4n) is 6.85. The Balaban J connectivity index is 3.44. The van der Waals surface area contributed by atoms with Crippen LogP contribution in [0.4, 0.5) is 0 Å². The summed E-state index contributed by atoms with van der Waals surface area (Å²) in [5, 5.41) is 9.57. The summed E-state index contributed by atoms with van der Waals surface area (Å²) in [6, 6.07) is 0. The minimum Gasteiger partial charge on any atom is -0.462 e. The summed E-state index contributed by atoms with van der Waals surface area (Å²) in [4.78, 5) is 24.3. The van der Waals surface area contributed by atoms with Crippen molar-refractivity contribution in [1.29, 1.82) is 0 Å². The van der Waals surface area contributed by atoms with Crippen LogP contribution in [-0.2, 0) is 19.1 Å². The lowest BCUT2D eigenvalue weighted by molar-refractivity contribution is -0.161. The average Bonchev–Trinajstić information content (AvgIpc) is 3.13. The van der Waals surface area contributed by atoms with E-state index in [1.807, 2.05) is 0 Å². The molecule has 0 fully saturated rings. The zero-order valence-corrected chi connectivity index (χ0v) is 34.4. The number of hydrogen-bond acceptors (Lipinski definition) is 5. The van der Waals surface area contributed by atoms with Gasteiger partial charge in [-0.3, -0.25) is 9.59 Å². The number of aliphatic hydroxyl groups excluding tert-OH is 1. The molecule has 5 nitrogen and oxygen atoms in total. The Morgan fingerprint density at radius 2 is 0.725 bits per heavy atom. The van der Waals surface area contributed by atoms with Crippen molar-refractivity contribution >= 4 is 11.9 Å². The molecule has 5 heteroatoms. The van der Waals surface area contributed by atoms with Crippen LogP contribution >= 0.6 is 0 Å². The van der Waals surface area contributed by atoms with Gasteiger partial charge < -0.3 is 14.6 Å². The van der Waals surface area contributed by atoms with Crippen LogP contribution in [0.2, 0.25) is 0 Å². The number of ether oxygens (including phenoxy) is 2. The average molecular weight is 721 g/mol. The molecule has 0 spiro atoms. The molecule has 302 valence electrons. The predicted molar refractivity (Wildman–Crippen MR) is 219 cm³/mol. The van der Waals surface area contributed by atoms with Crippen LogP contribution in [0.1, 0.15) is 251 Å². The number of aliphatic hydroxyl groups is 1. The van der Waals surface area contributed by atoms with Crippen molar-refractivity contribution in [3.8, 4) is 0 Å². The number of esters is 2. The minimum absolute atomic E-state index is 0.0591. The largest absolute Gasteiger partial charge is 0.462 e. The zero-order chi connectivity index (χ0) is 37.1. The van der Waals surface area contributed by atoms with Gasteiger partial charge >= 0.3 is 11.9 Å². The van der Waals surface area contributed by atoms with Crippen LogP contribution in [0.15, 0.2) is 12.2 Å². The molecule has 0 heterocycles. The first-order chi connectivity index (χ1) is 25.1. The lowest BCUT2D eigenvalue weighted by Gasteiger charge is -2.15. The van der Waals surface area contributed by atoms with Crippen molar-refractivity contribution in [2.75, 3.05) is 13.2 Å². The Hall–Kier alpha value is -1.36. The lowest BCUT2D eigenvalue weighted by Crippen LogP contribution is -2.28. The summed E-state index contributed by atoms with van der Waals surface area (Å²) < 4.78 is 10.6. The Morgan fingerprint density at radius 1 is 0.431 bits per heavy atom. The second-order valence-corrected chi connectivity index (χ2v) is 15.5. The summed E-state index contributed by atoms with van der Waals surface area (Å²) in [5.41, 5.74) is 0. The molecule has 0 amide bonds. The lowest BCUT2D eigenvalue weighted by atomic mass is 10.0. The third-order valence-corrected chi connectivity index (χ3v) is 10.3. The first-order valence-corrected chi connectivity index (χ1v) is 22.7. The predicted octanol–water partition coefficient (Wildman–Crippen LogP) is 14.5. The van der Waals surface area contributed by atoms with E-state index < -0.39 is 6.10 Å². The van der Waals surface area contributed by atoms with E-state index >= 15 is 0 Å². The summed E-state index contributed by atoms with van der Waals surface area (Å²) >= 11 is 0. The van der Waals surface area contributed by atoms with Gasteiger partial charge in [-0.15, -0.1) is 0 Å². The van der Waals surface area contributed by atoms with E-state index in [2.05, 4.69) is 26.0 Å². The molecule has 0 bridgehead atoms. The van der Waals surface area contributed by atoms with Crippen molar-refractivity contribution in [3.05, 3.63) is 12.2 Å². The molecule has 1 unspecified atom stereocenters. The molecule has 0 saturated carbocycles. The molecule has 0 radical (unpaired) electrons. The highest BCUT2D eigenvalue weighted by molar-refractivity contribution is 5.70. The van der Waals surface area contributed by atoms with E-state index in [1.54, 1.807) is 0 Å². The van der Waals surface area contributed by atoms with E-state index in [-0.39, 0.29) is 25.2 Å². The maximum Gasteiger partial charge on any atom is 0.306 e. The summed E-state index contributed by atoms with van der Waals surface area (Å²) in [7, 11) is 0. The molecule has 0 aromatic carbocycles. The third-order valence-electron chi connectivity index (χ3n) is 10.3. The number of allylic oxidation sites excluding steroid dienone is 2. The zero-order valence-electron chi connectivity index (χ0n) is 34.4. The Morgan fingerprint density at radius 3 is 1.06 bits per heavy atom. The SMILES string of the molecule is CCCCCCCCCC/C=C\CCCCCCCCCCCCCCCC(=O)OC(CO)COC(=O)CCCCCCCCCCCCCC. The molecular weight excluding hydrogens is 633 g/mol. The third kappa shape index (κ3) is 41.3. The highest BCUT2D eigenvalue weighted by atomic mass is 16.6. The molecule has 0 aliphatic heterocycles. The molecule has 51 heavy (non-hydrogen) atoms. The number of carbonyl (C=O) groups excluding carboxylic acids is 2. The first kappa shape index (κ1) is 49.6. The molecule has 0 rings (SSSR count). The van der Waals surface area contributed by atoms with E-state index in [4.69, 9.17) is 9.47 Å². The smallest absolute Gasteiger partial charge is 0.306 e. The highest BCUT2D eigenvalue weighted by Crippen LogP contribution is 2.16. The van der Waals surface area contributed by atoms with Crippen LogP contribution in [0, 0.1) is 0 Å². The topological polar surface area (TPSA) is 72.8 Å². The molecule has 1 N–H and O–H groups in total. The molecule has 0 aromatic rings. The van der Waals surface area contributed by atoms with E-state index in [0.29, 0.717) is 12.8 Å². The summed E-state index contributed by atoms with van der Waals surface area (Å²) in [6.45, 7) is 4.16.